The molecule has 4 nitrogen and oxygen atoms in total. The van der Waals surface area contributed by atoms with Crippen molar-refractivity contribution in [3.05, 3.63) is 46.3 Å². The van der Waals surface area contributed by atoms with Crippen molar-refractivity contribution >= 4 is 15.9 Å². The molecule has 0 amide bonds. The van der Waals surface area contributed by atoms with E-state index in [2.05, 4.69) is 21.1 Å². The number of aromatic nitrogens is 1. The highest BCUT2D eigenvalue weighted by Gasteiger charge is 2.05. The van der Waals surface area contributed by atoms with E-state index in [4.69, 9.17) is 14.4 Å². The summed E-state index contributed by atoms with van der Waals surface area (Å²) < 4.78 is 11.3. The van der Waals surface area contributed by atoms with Gasteiger partial charge in [-0.3, -0.25) is 0 Å². The second-order valence-electron chi connectivity index (χ2n) is 3.18. The standard InChI is InChI=1S/C11H10BrNO3/c12-9-1-2-11(8(5-9)6-14)15-7-10-3-4-13-16-10/h1-5,14H,6-7H2. The third-order valence-corrected chi connectivity index (χ3v) is 2.55. The molecule has 0 radical (unpaired) electrons. The van der Waals surface area contributed by atoms with Gasteiger partial charge in [0.05, 0.1) is 12.8 Å². The van der Waals surface area contributed by atoms with Crippen molar-refractivity contribution in [3.8, 4) is 5.75 Å². The van der Waals surface area contributed by atoms with Gasteiger partial charge in [0.15, 0.2) is 5.76 Å². The molecule has 84 valence electrons. The summed E-state index contributed by atoms with van der Waals surface area (Å²) in [6.45, 7) is 0.236. The van der Waals surface area contributed by atoms with Crippen LogP contribution in [0.1, 0.15) is 11.3 Å². The fourth-order valence-electron chi connectivity index (χ4n) is 1.28. The lowest BCUT2D eigenvalue weighted by molar-refractivity contribution is 0.233. The average molecular weight is 284 g/mol. The Morgan fingerprint density at radius 1 is 1.38 bits per heavy atom. The number of hydrogen-bond acceptors (Lipinski definition) is 4. The normalized spacial score (nSPS) is 10.4. The van der Waals surface area contributed by atoms with Crippen LogP contribution in [0.3, 0.4) is 0 Å². The van der Waals surface area contributed by atoms with E-state index in [9.17, 15) is 0 Å². The Balaban J connectivity index is 2.09. The molecular formula is C11H10BrNO3. The van der Waals surface area contributed by atoms with Crippen LogP contribution in [0, 0.1) is 0 Å². The van der Waals surface area contributed by atoms with Gasteiger partial charge >= 0.3 is 0 Å². The number of rotatable bonds is 4. The highest BCUT2D eigenvalue weighted by Crippen LogP contribution is 2.24. The van der Waals surface area contributed by atoms with Crippen LogP contribution in [0.25, 0.3) is 0 Å². The van der Waals surface area contributed by atoms with Crippen molar-refractivity contribution in [1.29, 1.82) is 0 Å². The summed E-state index contributed by atoms with van der Waals surface area (Å²) in [4.78, 5) is 0. The average Bonchev–Trinajstić information content (AvgIpc) is 2.80. The van der Waals surface area contributed by atoms with E-state index in [1.54, 1.807) is 18.3 Å². The minimum atomic E-state index is -0.0643. The Labute approximate surface area is 101 Å². The molecule has 1 aromatic heterocycles. The number of nitrogens with zero attached hydrogens (tertiary/aromatic N) is 1. The van der Waals surface area contributed by atoms with Crippen molar-refractivity contribution in [1.82, 2.24) is 5.16 Å². The summed E-state index contributed by atoms with van der Waals surface area (Å²) in [5.74, 6) is 1.29. The summed E-state index contributed by atoms with van der Waals surface area (Å²) in [6, 6.07) is 7.20. The maximum atomic E-state index is 9.16. The van der Waals surface area contributed by atoms with Crippen molar-refractivity contribution in [3.63, 3.8) is 0 Å². The van der Waals surface area contributed by atoms with Crippen LogP contribution in [0.15, 0.2) is 39.5 Å². The molecule has 0 saturated carbocycles. The topological polar surface area (TPSA) is 55.5 Å². The second-order valence-corrected chi connectivity index (χ2v) is 4.09. The lowest BCUT2D eigenvalue weighted by Gasteiger charge is -2.08. The zero-order chi connectivity index (χ0) is 11.4. The summed E-state index contributed by atoms with van der Waals surface area (Å²) in [5.41, 5.74) is 0.730. The number of halogens is 1. The monoisotopic (exact) mass is 283 g/mol. The molecule has 0 aliphatic rings. The largest absolute Gasteiger partial charge is 0.485 e. The summed E-state index contributed by atoms with van der Waals surface area (Å²) in [5, 5.41) is 12.7. The third kappa shape index (κ3) is 2.62. The predicted octanol–water partition coefficient (Wildman–Crippen LogP) is 2.51. The Morgan fingerprint density at radius 3 is 2.94 bits per heavy atom. The van der Waals surface area contributed by atoms with E-state index in [-0.39, 0.29) is 6.61 Å². The van der Waals surface area contributed by atoms with Gasteiger partial charge in [0.2, 0.25) is 0 Å². The molecule has 1 N–H and O–H groups in total. The molecule has 0 aliphatic carbocycles. The number of benzene rings is 1. The van der Waals surface area contributed by atoms with Crippen LogP contribution in [-0.4, -0.2) is 10.3 Å². The zero-order valence-electron chi connectivity index (χ0n) is 8.39. The molecule has 5 heteroatoms. The Bertz CT molecular complexity index is 456. The number of ether oxygens (including phenoxy) is 1. The fourth-order valence-corrected chi connectivity index (χ4v) is 1.69. The van der Waals surface area contributed by atoms with Gasteiger partial charge in [0.1, 0.15) is 12.4 Å². The first-order valence-electron chi connectivity index (χ1n) is 4.71. The quantitative estimate of drug-likeness (QED) is 0.937. The van der Waals surface area contributed by atoms with Gasteiger partial charge in [-0.15, -0.1) is 0 Å². The molecule has 16 heavy (non-hydrogen) atoms. The van der Waals surface area contributed by atoms with Crippen LogP contribution >= 0.6 is 15.9 Å². The molecule has 0 saturated heterocycles. The molecular weight excluding hydrogens is 274 g/mol. The SMILES string of the molecule is OCc1cc(Br)ccc1OCc1ccno1. The number of hydrogen-bond donors (Lipinski definition) is 1. The van der Waals surface area contributed by atoms with Crippen molar-refractivity contribution in [2.45, 2.75) is 13.2 Å². The summed E-state index contributed by atoms with van der Waals surface area (Å²) >= 11 is 3.33. The molecule has 0 spiro atoms. The van der Waals surface area contributed by atoms with Crippen LogP contribution in [-0.2, 0) is 13.2 Å². The minimum absolute atomic E-state index is 0.0643. The van der Waals surface area contributed by atoms with Gasteiger partial charge in [0, 0.05) is 16.1 Å². The Kier molecular flexibility index (Phi) is 3.58. The first-order valence-corrected chi connectivity index (χ1v) is 5.50. The van der Waals surface area contributed by atoms with Crippen molar-refractivity contribution in [2.24, 2.45) is 0 Å². The zero-order valence-corrected chi connectivity index (χ0v) is 9.98. The van der Waals surface area contributed by atoms with Gasteiger partial charge in [-0.25, -0.2) is 0 Å². The molecule has 1 aromatic carbocycles. The lowest BCUT2D eigenvalue weighted by atomic mass is 10.2. The van der Waals surface area contributed by atoms with Crippen LogP contribution in [0.5, 0.6) is 5.75 Å². The van der Waals surface area contributed by atoms with Crippen LogP contribution in [0.2, 0.25) is 0 Å². The van der Waals surface area contributed by atoms with E-state index in [1.807, 2.05) is 12.1 Å². The Morgan fingerprint density at radius 2 is 2.25 bits per heavy atom. The van der Waals surface area contributed by atoms with Gasteiger partial charge in [-0.1, -0.05) is 21.1 Å². The maximum absolute atomic E-state index is 9.16. The van der Waals surface area contributed by atoms with E-state index < -0.39 is 0 Å². The third-order valence-electron chi connectivity index (χ3n) is 2.05. The van der Waals surface area contributed by atoms with Crippen LogP contribution < -0.4 is 4.74 Å². The predicted molar refractivity (Wildman–Crippen MR) is 60.9 cm³/mol. The van der Waals surface area contributed by atoms with Gasteiger partial charge in [-0.05, 0) is 18.2 Å². The van der Waals surface area contributed by atoms with Crippen molar-refractivity contribution in [2.75, 3.05) is 0 Å². The van der Waals surface area contributed by atoms with Gasteiger partial charge < -0.3 is 14.4 Å². The van der Waals surface area contributed by atoms with E-state index >= 15 is 0 Å². The fraction of sp³-hybridized carbons (Fsp3) is 0.182. The highest BCUT2D eigenvalue weighted by molar-refractivity contribution is 9.10. The van der Waals surface area contributed by atoms with Gasteiger partial charge in [0.25, 0.3) is 0 Å². The molecule has 2 aromatic rings. The first kappa shape index (κ1) is 11.2. The number of aliphatic hydroxyl groups excluding tert-OH is 1. The first-order chi connectivity index (χ1) is 7.79. The molecule has 0 aliphatic heterocycles. The molecule has 1 heterocycles. The lowest BCUT2D eigenvalue weighted by Crippen LogP contribution is -1.97. The Hall–Kier alpha value is -1.33. The molecule has 0 unspecified atom stereocenters. The van der Waals surface area contributed by atoms with E-state index in [0.29, 0.717) is 18.1 Å². The summed E-state index contributed by atoms with van der Waals surface area (Å²) in [6.07, 6.45) is 1.56. The van der Waals surface area contributed by atoms with Gasteiger partial charge in [-0.2, -0.15) is 0 Å². The smallest absolute Gasteiger partial charge is 0.174 e. The minimum Gasteiger partial charge on any atom is -0.485 e. The second kappa shape index (κ2) is 5.14. The highest BCUT2D eigenvalue weighted by atomic mass is 79.9. The molecule has 2 rings (SSSR count). The summed E-state index contributed by atoms with van der Waals surface area (Å²) in [7, 11) is 0. The van der Waals surface area contributed by atoms with E-state index in [1.165, 1.54) is 0 Å². The molecule has 0 fully saturated rings. The molecule has 0 atom stereocenters. The van der Waals surface area contributed by atoms with Crippen LogP contribution in [0.4, 0.5) is 0 Å². The van der Waals surface area contributed by atoms with E-state index in [0.717, 1.165) is 10.0 Å². The molecule has 0 bridgehead atoms. The maximum Gasteiger partial charge on any atom is 0.174 e. The number of aliphatic hydroxyl groups is 1. The van der Waals surface area contributed by atoms with Crippen molar-refractivity contribution < 1.29 is 14.4 Å².